The van der Waals surface area contributed by atoms with Crippen LogP contribution >= 0.6 is 11.6 Å². The van der Waals surface area contributed by atoms with Gasteiger partial charge in [0.15, 0.2) is 11.6 Å². The minimum Gasteiger partial charge on any atom is -0.397 e. The number of nitrogens with zero attached hydrogens (tertiary/aromatic N) is 2. The van der Waals surface area contributed by atoms with Crippen molar-refractivity contribution in [2.75, 3.05) is 12.3 Å². The van der Waals surface area contributed by atoms with Crippen LogP contribution in [0.3, 0.4) is 0 Å². The van der Waals surface area contributed by atoms with E-state index in [1.54, 1.807) is 30.3 Å². The summed E-state index contributed by atoms with van der Waals surface area (Å²) in [6, 6.07) is 12.3. The molecule has 0 saturated carbocycles. The lowest BCUT2D eigenvalue weighted by Crippen LogP contribution is -2.31. The molecule has 28 heavy (non-hydrogen) atoms. The third kappa shape index (κ3) is 3.28. The number of rotatable bonds is 5. The van der Waals surface area contributed by atoms with Crippen molar-refractivity contribution in [3.63, 3.8) is 0 Å². The maximum atomic E-state index is 12.4. The Morgan fingerprint density at radius 3 is 2.21 bits per heavy atom. The van der Waals surface area contributed by atoms with Gasteiger partial charge in [0.1, 0.15) is 0 Å². The first-order valence-electron chi connectivity index (χ1n) is 8.83. The molecule has 2 heterocycles. The molecule has 4 rings (SSSR count). The lowest BCUT2D eigenvalue weighted by atomic mass is 10.1. The van der Waals surface area contributed by atoms with Crippen molar-refractivity contribution in [2.45, 2.75) is 13.0 Å². The summed E-state index contributed by atoms with van der Waals surface area (Å²) in [4.78, 5) is 26.1. The number of hydrogen-bond acceptors (Lipinski definition) is 3. The molecule has 0 fully saturated rings. The van der Waals surface area contributed by atoms with Gasteiger partial charge in [0.2, 0.25) is 5.02 Å². The standard InChI is InChI=1S/C21H18Cl2N3O2/c22-13-6-7-14(18(23)10-13)17-11-25(12-19(17)24)8-3-9-26-20(27)15-4-1-2-5-16(15)21(26)28/h1-2,4-7,10-12,22H,3,8-9,24H2/q+1. The van der Waals surface area contributed by atoms with Gasteiger partial charge in [-0.15, -0.1) is 0 Å². The third-order valence-electron chi connectivity index (χ3n) is 4.82. The van der Waals surface area contributed by atoms with Crippen molar-refractivity contribution in [3.8, 4) is 11.1 Å². The maximum absolute atomic E-state index is 12.4. The summed E-state index contributed by atoms with van der Waals surface area (Å²) in [5.41, 5.74) is 9.37. The molecule has 142 valence electrons. The predicted octanol–water partition coefficient (Wildman–Crippen LogP) is 3.77. The van der Waals surface area contributed by atoms with Gasteiger partial charge in [0.25, 0.3) is 11.8 Å². The average molecular weight is 415 g/mol. The molecular weight excluding hydrogens is 397 g/mol. The summed E-state index contributed by atoms with van der Waals surface area (Å²) in [6.45, 7) is 0.972. The highest BCUT2D eigenvalue weighted by atomic mass is 35.5. The van der Waals surface area contributed by atoms with Crippen LogP contribution in [0.2, 0.25) is 10.0 Å². The molecule has 2 amide bonds. The summed E-state index contributed by atoms with van der Waals surface area (Å²) in [7, 11) is 0. The van der Waals surface area contributed by atoms with Crippen LogP contribution < -0.4 is 5.73 Å². The van der Waals surface area contributed by atoms with E-state index in [0.717, 1.165) is 11.1 Å². The number of halogens is 2. The number of carbonyl (C=O) groups excluding carboxylic acids is 2. The summed E-state index contributed by atoms with van der Waals surface area (Å²) < 4.78 is 1.95. The van der Waals surface area contributed by atoms with Crippen LogP contribution in [0.1, 0.15) is 27.1 Å². The number of aromatic nitrogens is 1. The van der Waals surface area contributed by atoms with Crippen molar-refractivity contribution >= 4 is 29.1 Å². The lowest BCUT2D eigenvalue weighted by Gasteiger charge is -2.13. The molecule has 2 N–H and O–H groups in total. The van der Waals surface area contributed by atoms with Gasteiger partial charge in [-0.05, 0) is 24.6 Å². The van der Waals surface area contributed by atoms with Crippen LogP contribution in [0.4, 0.5) is 5.69 Å². The predicted molar refractivity (Wildman–Crippen MR) is 106 cm³/mol. The van der Waals surface area contributed by atoms with E-state index in [2.05, 4.69) is 0 Å². The fourth-order valence-electron chi connectivity index (χ4n) is 3.45. The first-order chi connectivity index (χ1) is 13.5. The first-order valence-corrected chi connectivity index (χ1v) is 9.62. The number of amides is 2. The fourth-order valence-corrected chi connectivity index (χ4v) is 3.98. The van der Waals surface area contributed by atoms with E-state index in [-0.39, 0.29) is 11.8 Å². The van der Waals surface area contributed by atoms with Crippen LogP contribution in [0.5, 0.6) is 0 Å². The number of imide groups is 1. The van der Waals surface area contributed by atoms with Gasteiger partial charge in [-0.2, -0.15) is 0 Å². The number of nitrogen functional groups attached to an aromatic ring is 1. The highest BCUT2D eigenvalue weighted by Crippen LogP contribution is 2.33. The van der Waals surface area contributed by atoms with Crippen LogP contribution in [-0.4, -0.2) is 27.8 Å². The summed E-state index contributed by atoms with van der Waals surface area (Å²) in [6.07, 6.45) is 4.37. The molecule has 0 saturated heterocycles. The number of carbonyl (C=O) groups is 2. The number of benzene rings is 2. The molecule has 0 spiro atoms. The van der Waals surface area contributed by atoms with Crippen molar-refractivity contribution in [3.05, 3.63) is 76.0 Å². The minimum absolute atomic E-state index is 0.232. The number of aryl methyl sites for hydroxylation is 1. The zero-order chi connectivity index (χ0) is 19.8. The monoisotopic (exact) mass is 414 g/mol. The normalized spacial score (nSPS) is 13.3. The van der Waals surface area contributed by atoms with Crippen molar-refractivity contribution < 1.29 is 21.2 Å². The van der Waals surface area contributed by atoms with E-state index >= 15 is 0 Å². The summed E-state index contributed by atoms with van der Waals surface area (Å²) in [5.74, 6) is -0.465. The highest BCUT2D eigenvalue weighted by molar-refractivity contribution is 6.33. The van der Waals surface area contributed by atoms with Crippen LogP contribution in [0.15, 0.2) is 54.9 Å². The Labute approximate surface area is 172 Å². The Morgan fingerprint density at radius 2 is 1.57 bits per heavy atom. The van der Waals surface area contributed by atoms with Crippen molar-refractivity contribution in [1.29, 1.82) is 0 Å². The highest BCUT2D eigenvalue weighted by Gasteiger charge is 2.34. The average Bonchev–Trinajstić information content (AvgIpc) is 3.15. The zero-order valence-corrected chi connectivity index (χ0v) is 16.5. The Kier molecular flexibility index (Phi) is 4.87. The molecule has 3 aromatic rings. The van der Waals surface area contributed by atoms with Crippen LogP contribution in [0, 0.1) is 11.6 Å². The van der Waals surface area contributed by atoms with E-state index in [1.807, 2.05) is 29.1 Å². The van der Waals surface area contributed by atoms with Gasteiger partial charge in [-0.1, -0.05) is 23.7 Å². The zero-order valence-electron chi connectivity index (χ0n) is 14.9. The van der Waals surface area contributed by atoms with Crippen molar-refractivity contribution in [2.24, 2.45) is 0 Å². The molecule has 1 aliphatic heterocycles. The Bertz CT molecular complexity index is 1060. The molecule has 0 atom stereocenters. The second-order valence-electron chi connectivity index (χ2n) is 6.67. The number of anilines is 1. The minimum atomic E-state index is -0.232. The van der Waals surface area contributed by atoms with E-state index < -0.39 is 0 Å². The summed E-state index contributed by atoms with van der Waals surface area (Å²) >= 11 is 11.4. The molecule has 0 unspecified atom stereocenters. The van der Waals surface area contributed by atoms with Gasteiger partial charge in [-0.3, -0.25) is 14.5 Å². The molecule has 0 radical (unpaired) electrons. The Morgan fingerprint density at radius 1 is 0.893 bits per heavy atom. The molecule has 5 nitrogen and oxygen atoms in total. The molecular formula is C21H18Cl2N3O2+. The van der Waals surface area contributed by atoms with E-state index in [4.69, 9.17) is 28.9 Å². The van der Waals surface area contributed by atoms with E-state index in [9.17, 15) is 9.59 Å². The second kappa shape index (κ2) is 7.34. The van der Waals surface area contributed by atoms with E-state index in [0.29, 0.717) is 46.4 Å². The van der Waals surface area contributed by atoms with Crippen molar-refractivity contribution in [1.82, 2.24) is 9.47 Å². The van der Waals surface area contributed by atoms with E-state index in [1.165, 1.54) is 4.90 Å². The van der Waals surface area contributed by atoms with Gasteiger partial charge in [0.05, 0.1) is 21.8 Å². The topological polar surface area (TPSA) is 68.3 Å². The second-order valence-corrected chi connectivity index (χ2v) is 7.55. The molecule has 0 aliphatic carbocycles. The number of nitrogens with two attached hydrogens (primary N) is 1. The molecule has 1 aliphatic rings. The van der Waals surface area contributed by atoms with Gasteiger partial charge < -0.3 is 10.3 Å². The van der Waals surface area contributed by atoms with Gasteiger partial charge >= 0.3 is 0 Å². The quantitative estimate of drug-likeness (QED) is 0.645. The largest absolute Gasteiger partial charge is 0.397 e. The lowest BCUT2D eigenvalue weighted by molar-refractivity contribution is -0.288. The molecule has 0 bridgehead atoms. The smallest absolute Gasteiger partial charge is 0.261 e. The van der Waals surface area contributed by atoms with Gasteiger partial charge in [0, 0.05) is 48.7 Å². The van der Waals surface area contributed by atoms with Gasteiger partial charge in [-0.25, -0.2) is 0 Å². The van der Waals surface area contributed by atoms with Crippen LogP contribution in [-0.2, 0) is 6.54 Å². The number of fused-ring (bicyclic) bond motifs is 1. The fraction of sp³-hybridized carbons (Fsp3) is 0.143. The Balaban J connectivity index is 1.44. The SMILES string of the molecule is Nc1cn(CCCN2C(=O)c3ccccc3C2=O)cc1-c1ccc([ClH+])cc1Cl. The Hall–Kier alpha value is -2.76. The number of hydrogen-bond donors (Lipinski definition) is 1. The molecule has 1 aromatic heterocycles. The summed E-state index contributed by atoms with van der Waals surface area (Å²) in [5, 5.41) is 1.23. The first kappa shape index (κ1) is 18.6. The maximum Gasteiger partial charge on any atom is 0.261 e. The third-order valence-corrected chi connectivity index (χ3v) is 5.38. The van der Waals surface area contributed by atoms with Crippen LogP contribution in [0.25, 0.3) is 11.1 Å². The molecule has 2 aromatic carbocycles. The molecule has 7 heteroatoms.